The molecule has 0 saturated heterocycles. The molecule has 3 rings (SSSR count). The molecule has 0 amide bonds. The minimum Gasteiger partial charge on any atom is -0.457 e. The first-order chi connectivity index (χ1) is 14.0. The van der Waals surface area contributed by atoms with Crippen LogP contribution < -0.4 is 9.61 Å². The van der Waals surface area contributed by atoms with Gasteiger partial charge in [0.15, 0.2) is 0 Å². The molecule has 162 valence electrons. The first-order valence-electron chi connectivity index (χ1n) is 8.55. The highest BCUT2D eigenvalue weighted by Gasteiger charge is 2.37. The quantitative estimate of drug-likeness (QED) is 0.235. The summed E-state index contributed by atoms with van der Waals surface area (Å²) in [6.07, 6.45) is -0.685. The summed E-state index contributed by atoms with van der Waals surface area (Å²) in [6, 6.07) is 5.01. The van der Waals surface area contributed by atoms with E-state index in [1.54, 1.807) is 31.2 Å². The molecule has 1 aliphatic rings. The van der Waals surface area contributed by atoms with Gasteiger partial charge in [-0.2, -0.15) is 13.9 Å². The summed E-state index contributed by atoms with van der Waals surface area (Å²) in [4.78, 5) is 12.2. The van der Waals surface area contributed by atoms with E-state index in [9.17, 15) is 31.3 Å². The molecule has 6 nitrogen and oxygen atoms in total. The topological polar surface area (TPSA) is 73.9 Å². The molecule has 0 saturated carbocycles. The van der Waals surface area contributed by atoms with E-state index in [4.69, 9.17) is 9.26 Å². The molecule has 3 atom stereocenters. The van der Waals surface area contributed by atoms with Crippen LogP contribution in [0, 0.1) is 29.1 Å². The molecule has 0 fully saturated rings. The van der Waals surface area contributed by atoms with Crippen molar-refractivity contribution in [3.8, 4) is 5.75 Å². The summed E-state index contributed by atoms with van der Waals surface area (Å²) in [7, 11) is -4.82. The Morgan fingerprint density at radius 1 is 1.03 bits per heavy atom. The van der Waals surface area contributed by atoms with Gasteiger partial charge in [-0.05, 0) is 31.0 Å². The van der Waals surface area contributed by atoms with Crippen LogP contribution in [0.2, 0.25) is 0 Å². The minimum atomic E-state index is -4.82. The highest BCUT2D eigenvalue weighted by molar-refractivity contribution is 7.52. The zero-order chi connectivity index (χ0) is 22.2. The van der Waals surface area contributed by atoms with Crippen molar-refractivity contribution in [2.75, 3.05) is 0 Å². The molecule has 2 aromatic carbocycles. The number of fused-ring (bicyclic) bond motifs is 2. The lowest BCUT2D eigenvalue weighted by atomic mass is 10.1. The van der Waals surface area contributed by atoms with E-state index in [2.05, 4.69) is 9.61 Å². The Hall–Kier alpha value is -2.49. The highest BCUT2D eigenvalue weighted by Crippen LogP contribution is 2.48. The predicted octanol–water partition coefficient (Wildman–Crippen LogP) is 4.68. The van der Waals surface area contributed by atoms with E-state index in [0.717, 1.165) is 0 Å². The smallest absolute Gasteiger partial charge is 0.457 e. The van der Waals surface area contributed by atoms with Crippen molar-refractivity contribution in [2.45, 2.75) is 32.6 Å². The van der Waals surface area contributed by atoms with E-state index >= 15 is 0 Å². The predicted molar refractivity (Wildman–Crippen MR) is 92.8 cm³/mol. The maximum atomic E-state index is 14.0. The molecule has 0 aliphatic carbocycles. The number of carbonyl (C=O) groups excluding carboxylic acids is 1. The molecule has 12 heteroatoms. The van der Waals surface area contributed by atoms with Crippen LogP contribution in [0.1, 0.15) is 31.1 Å². The third-order valence-electron chi connectivity index (χ3n) is 4.20. The van der Waals surface area contributed by atoms with Crippen LogP contribution in [-0.2, 0) is 25.2 Å². The van der Waals surface area contributed by atoms with E-state index in [0.29, 0.717) is 11.1 Å². The van der Waals surface area contributed by atoms with E-state index in [1.165, 1.54) is 6.92 Å². The normalized spacial score (nSPS) is 24.7. The number of rotatable bonds is 2. The second kappa shape index (κ2) is 8.33. The SMILES string of the molecule is CC1NP(=O)(Oc2c(F)c(F)c(F)c(F)c2F)OCc2cccc(c2)C(C)OC1=O. The van der Waals surface area contributed by atoms with Crippen LogP contribution in [0.3, 0.4) is 0 Å². The fourth-order valence-electron chi connectivity index (χ4n) is 2.60. The highest BCUT2D eigenvalue weighted by atomic mass is 31.2. The molecular weight excluding hydrogens is 436 g/mol. The Morgan fingerprint density at radius 2 is 1.63 bits per heavy atom. The number of nitrogens with one attached hydrogen (secondary N) is 1. The van der Waals surface area contributed by atoms with Gasteiger partial charge in [-0.15, -0.1) is 0 Å². The molecule has 3 unspecified atom stereocenters. The number of benzene rings is 2. The van der Waals surface area contributed by atoms with Crippen LogP contribution in [0.25, 0.3) is 0 Å². The summed E-state index contributed by atoms with van der Waals surface area (Å²) in [5.74, 6) is -14.4. The summed E-state index contributed by atoms with van der Waals surface area (Å²) in [5, 5.41) is 2.09. The maximum Gasteiger partial charge on any atom is 0.459 e. The van der Waals surface area contributed by atoms with Crippen LogP contribution in [0.4, 0.5) is 22.0 Å². The lowest BCUT2D eigenvalue weighted by Gasteiger charge is -2.23. The number of cyclic esters (lactones) is 1. The molecule has 30 heavy (non-hydrogen) atoms. The Kier molecular flexibility index (Phi) is 6.16. The number of hydrogen-bond donors (Lipinski definition) is 1. The summed E-state index contributed by atoms with van der Waals surface area (Å²) in [5.41, 5.74) is 1.02. The molecule has 2 aromatic rings. The van der Waals surface area contributed by atoms with Crippen molar-refractivity contribution < 1.29 is 45.1 Å². The third-order valence-corrected chi connectivity index (χ3v) is 5.80. The zero-order valence-electron chi connectivity index (χ0n) is 15.5. The zero-order valence-corrected chi connectivity index (χ0v) is 16.4. The number of carbonyl (C=O) groups is 1. The van der Waals surface area contributed by atoms with E-state index in [-0.39, 0.29) is 0 Å². The van der Waals surface area contributed by atoms with Gasteiger partial charge in [-0.25, -0.2) is 17.7 Å². The molecular formula is C18H15F5NO5P. The molecule has 1 heterocycles. The minimum absolute atomic E-state index is 0.424. The van der Waals surface area contributed by atoms with Crippen LogP contribution in [0.5, 0.6) is 5.75 Å². The standard InChI is InChI=1S/C18H15F5NO5P/c1-8-18(25)28-9(2)11-5-3-4-10(6-11)7-27-30(26,24-8)29-17-15(22)13(20)12(19)14(21)16(17)23/h3-6,8-9H,7H2,1-2H3,(H,24,26). The van der Waals surface area contributed by atoms with Crippen molar-refractivity contribution in [3.05, 3.63) is 64.5 Å². The summed E-state index contributed by atoms with van der Waals surface area (Å²) < 4.78 is 96.2. The first-order valence-corrected chi connectivity index (χ1v) is 10.1. The van der Waals surface area contributed by atoms with Gasteiger partial charge in [0.2, 0.25) is 34.8 Å². The Balaban J connectivity index is 2.02. The Morgan fingerprint density at radius 3 is 2.27 bits per heavy atom. The number of hydrogen-bond acceptors (Lipinski definition) is 5. The van der Waals surface area contributed by atoms with Gasteiger partial charge in [-0.3, -0.25) is 9.32 Å². The third kappa shape index (κ3) is 4.33. The van der Waals surface area contributed by atoms with E-state index < -0.39 is 67.3 Å². The average molecular weight is 451 g/mol. The van der Waals surface area contributed by atoms with Gasteiger partial charge in [0, 0.05) is 0 Å². The average Bonchev–Trinajstić information content (AvgIpc) is 2.73. The largest absolute Gasteiger partial charge is 0.459 e. The van der Waals surface area contributed by atoms with Crippen molar-refractivity contribution >= 4 is 13.7 Å². The fraction of sp³-hybridized carbons (Fsp3) is 0.278. The monoisotopic (exact) mass is 451 g/mol. The van der Waals surface area contributed by atoms with Gasteiger partial charge >= 0.3 is 13.7 Å². The lowest BCUT2D eigenvalue weighted by Crippen LogP contribution is -2.35. The molecule has 0 radical (unpaired) electrons. The van der Waals surface area contributed by atoms with Crippen molar-refractivity contribution in [3.63, 3.8) is 0 Å². The molecule has 1 N–H and O–H groups in total. The Labute approximate surface area is 167 Å². The second-order valence-corrected chi connectivity index (χ2v) is 8.13. The van der Waals surface area contributed by atoms with Crippen LogP contribution in [-0.4, -0.2) is 12.0 Å². The van der Waals surface area contributed by atoms with Crippen molar-refractivity contribution in [1.82, 2.24) is 5.09 Å². The number of esters is 1. The first kappa shape index (κ1) is 22.2. The fourth-order valence-corrected chi connectivity index (χ4v) is 4.08. The number of ether oxygens (including phenoxy) is 1. The second-order valence-electron chi connectivity index (χ2n) is 6.44. The van der Waals surface area contributed by atoms with Gasteiger partial charge in [0.25, 0.3) is 0 Å². The maximum absolute atomic E-state index is 14.0. The van der Waals surface area contributed by atoms with Crippen LogP contribution >= 0.6 is 7.75 Å². The summed E-state index contributed by atoms with van der Waals surface area (Å²) >= 11 is 0. The van der Waals surface area contributed by atoms with E-state index in [1.807, 2.05) is 0 Å². The molecule has 2 bridgehead atoms. The Bertz CT molecular complexity index is 1020. The van der Waals surface area contributed by atoms with Gasteiger partial charge in [0.1, 0.15) is 12.1 Å². The lowest BCUT2D eigenvalue weighted by molar-refractivity contribution is -0.150. The molecule has 1 aliphatic heterocycles. The van der Waals surface area contributed by atoms with Crippen molar-refractivity contribution in [2.24, 2.45) is 0 Å². The van der Waals surface area contributed by atoms with Gasteiger partial charge < -0.3 is 9.26 Å². The van der Waals surface area contributed by atoms with Crippen LogP contribution in [0.15, 0.2) is 24.3 Å². The van der Waals surface area contributed by atoms with Gasteiger partial charge in [0.05, 0.1) is 6.61 Å². The molecule has 0 aromatic heterocycles. The van der Waals surface area contributed by atoms with Crippen molar-refractivity contribution in [1.29, 1.82) is 0 Å². The number of halogens is 5. The van der Waals surface area contributed by atoms with Gasteiger partial charge in [-0.1, -0.05) is 18.2 Å². The summed E-state index contributed by atoms with van der Waals surface area (Å²) in [6.45, 7) is 2.36. The molecule has 0 spiro atoms.